The predicted molar refractivity (Wildman–Crippen MR) is 110 cm³/mol. The molecule has 0 radical (unpaired) electrons. The molecular formula is C20H24N2O5S2. The van der Waals surface area contributed by atoms with E-state index >= 15 is 0 Å². The SMILES string of the molecule is O=C(COC(=O)c1cccc(S(=O)(=O)N2CCCCCC2)c1)NCc1cccs1. The third-order valence-corrected chi connectivity index (χ3v) is 7.42. The molecule has 0 bridgehead atoms. The van der Waals surface area contributed by atoms with Crippen molar-refractivity contribution in [3.63, 3.8) is 0 Å². The molecule has 0 aliphatic carbocycles. The van der Waals surface area contributed by atoms with E-state index in [-0.39, 0.29) is 10.5 Å². The Labute approximate surface area is 174 Å². The Hall–Kier alpha value is -2.23. The van der Waals surface area contributed by atoms with Gasteiger partial charge < -0.3 is 10.1 Å². The number of carbonyl (C=O) groups is 2. The maximum absolute atomic E-state index is 12.9. The molecule has 2 heterocycles. The van der Waals surface area contributed by atoms with E-state index in [1.54, 1.807) is 0 Å². The van der Waals surface area contributed by atoms with Crippen LogP contribution >= 0.6 is 11.3 Å². The van der Waals surface area contributed by atoms with E-state index in [9.17, 15) is 18.0 Å². The van der Waals surface area contributed by atoms with Crippen molar-refractivity contribution in [2.24, 2.45) is 0 Å². The first kappa shape index (κ1) is 21.5. The molecule has 1 aliphatic heterocycles. The van der Waals surface area contributed by atoms with Crippen molar-refractivity contribution in [3.8, 4) is 0 Å². The fourth-order valence-corrected chi connectivity index (χ4v) is 5.29. The van der Waals surface area contributed by atoms with Crippen molar-refractivity contribution in [1.29, 1.82) is 0 Å². The zero-order valence-electron chi connectivity index (χ0n) is 16.0. The number of carbonyl (C=O) groups excluding carboxylic acids is 2. The second kappa shape index (κ2) is 10.00. The maximum atomic E-state index is 12.9. The number of amides is 1. The van der Waals surface area contributed by atoms with Crippen LogP contribution in [-0.4, -0.2) is 44.3 Å². The first-order valence-corrected chi connectivity index (χ1v) is 11.9. The Morgan fingerprint density at radius 1 is 1.07 bits per heavy atom. The summed E-state index contributed by atoms with van der Waals surface area (Å²) in [5.41, 5.74) is 0.104. The largest absolute Gasteiger partial charge is 0.452 e. The molecule has 29 heavy (non-hydrogen) atoms. The van der Waals surface area contributed by atoms with Crippen LogP contribution in [0.1, 0.15) is 40.9 Å². The van der Waals surface area contributed by atoms with E-state index in [1.807, 2.05) is 17.5 Å². The molecule has 0 unspecified atom stereocenters. The summed E-state index contributed by atoms with van der Waals surface area (Å²) in [6.07, 6.45) is 3.71. The van der Waals surface area contributed by atoms with Gasteiger partial charge in [-0.2, -0.15) is 4.31 Å². The average Bonchev–Trinajstić information content (AvgIpc) is 3.09. The topological polar surface area (TPSA) is 92.8 Å². The first-order chi connectivity index (χ1) is 14.0. The van der Waals surface area contributed by atoms with Gasteiger partial charge in [0.05, 0.1) is 17.0 Å². The van der Waals surface area contributed by atoms with Crippen LogP contribution in [0.15, 0.2) is 46.7 Å². The highest BCUT2D eigenvalue weighted by Crippen LogP contribution is 2.21. The summed E-state index contributed by atoms with van der Waals surface area (Å²) in [6.45, 7) is 0.924. The van der Waals surface area contributed by atoms with Crippen molar-refractivity contribution in [2.45, 2.75) is 37.1 Å². The van der Waals surface area contributed by atoms with Gasteiger partial charge in [0, 0.05) is 18.0 Å². The van der Waals surface area contributed by atoms with Crippen LogP contribution in [0.5, 0.6) is 0 Å². The number of benzene rings is 1. The molecule has 1 N–H and O–H groups in total. The average molecular weight is 437 g/mol. The number of thiophene rings is 1. The van der Waals surface area contributed by atoms with Crippen LogP contribution in [0.2, 0.25) is 0 Å². The minimum absolute atomic E-state index is 0.0657. The first-order valence-electron chi connectivity index (χ1n) is 9.53. The fraction of sp³-hybridized carbons (Fsp3) is 0.400. The zero-order chi connectivity index (χ0) is 20.7. The van der Waals surface area contributed by atoms with E-state index in [0.717, 1.165) is 30.6 Å². The molecule has 1 saturated heterocycles. The monoisotopic (exact) mass is 436 g/mol. The lowest BCUT2D eigenvalue weighted by Crippen LogP contribution is -2.32. The highest BCUT2D eigenvalue weighted by Gasteiger charge is 2.26. The van der Waals surface area contributed by atoms with Gasteiger partial charge in [-0.25, -0.2) is 13.2 Å². The molecule has 0 atom stereocenters. The third-order valence-electron chi connectivity index (χ3n) is 4.65. The molecular weight excluding hydrogens is 412 g/mol. The fourth-order valence-electron chi connectivity index (χ4n) is 3.08. The summed E-state index contributed by atoms with van der Waals surface area (Å²) < 4.78 is 32.3. The summed E-state index contributed by atoms with van der Waals surface area (Å²) in [5, 5.41) is 4.58. The van der Waals surface area contributed by atoms with Crippen LogP contribution in [0.25, 0.3) is 0 Å². The molecule has 1 aromatic carbocycles. The van der Waals surface area contributed by atoms with Crippen molar-refractivity contribution in [3.05, 3.63) is 52.2 Å². The van der Waals surface area contributed by atoms with Crippen LogP contribution in [-0.2, 0) is 26.1 Å². The normalized spacial score (nSPS) is 15.4. The summed E-state index contributed by atoms with van der Waals surface area (Å²) in [5.74, 6) is -1.15. The van der Waals surface area contributed by atoms with E-state index in [0.29, 0.717) is 19.6 Å². The van der Waals surface area contributed by atoms with Crippen molar-refractivity contribution in [1.82, 2.24) is 9.62 Å². The Morgan fingerprint density at radius 2 is 1.83 bits per heavy atom. The number of hydrogen-bond acceptors (Lipinski definition) is 6. The summed E-state index contributed by atoms with van der Waals surface area (Å²) in [6, 6.07) is 9.56. The number of esters is 1. The van der Waals surface area contributed by atoms with E-state index < -0.39 is 28.5 Å². The molecule has 1 amide bonds. The third kappa shape index (κ3) is 5.88. The standard InChI is InChI=1S/C20H24N2O5S2/c23-19(21-14-17-8-6-12-28-17)15-27-20(24)16-7-5-9-18(13-16)29(25,26)22-10-3-1-2-4-11-22/h5-9,12-13H,1-4,10-11,14-15H2,(H,21,23). The van der Waals surface area contributed by atoms with Crippen molar-refractivity contribution in [2.75, 3.05) is 19.7 Å². The van der Waals surface area contributed by atoms with Gasteiger partial charge in [-0.3, -0.25) is 4.79 Å². The number of rotatable bonds is 7. The summed E-state index contributed by atoms with van der Waals surface area (Å²) in [4.78, 5) is 25.2. The molecule has 3 rings (SSSR count). The van der Waals surface area contributed by atoms with Crippen molar-refractivity contribution >= 4 is 33.2 Å². The lowest BCUT2D eigenvalue weighted by molar-refractivity contribution is -0.124. The number of nitrogens with zero attached hydrogens (tertiary/aromatic N) is 1. The number of sulfonamides is 1. The van der Waals surface area contributed by atoms with Gasteiger partial charge in [0.2, 0.25) is 10.0 Å². The van der Waals surface area contributed by atoms with Crippen LogP contribution in [0.3, 0.4) is 0 Å². The molecule has 1 aromatic heterocycles. The predicted octanol–water partition coefficient (Wildman–Crippen LogP) is 2.79. The molecule has 9 heteroatoms. The second-order valence-electron chi connectivity index (χ2n) is 6.78. The number of hydrogen-bond donors (Lipinski definition) is 1. The van der Waals surface area contributed by atoms with Crippen LogP contribution < -0.4 is 5.32 Å². The van der Waals surface area contributed by atoms with E-state index in [4.69, 9.17) is 4.74 Å². The highest BCUT2D eigenvalue weighted by molar-refractivity contribution is 7.89. The molecule has 156 valence electrons. The Kier molecular flexibility index (Phi) is 7.40. The van der Waals surface area contributed by atoms with E-state index in [1.165, 1.54) is 39.9 Å². The summed E-state index contributed by atoms with van der Waals surface area (Å²) in [7, 11) is -3.66. The lowest BCUT2D eigenvalue weighted by Gasteiger charge is -2.20. The minimum Gasteiger partial charge on any atom is -0.452 e. The molecule has 0 saturated carbocycles. The van der Waals surface area contributed by atoms with Gasteiger partial charge in [0.15, 0.2) is 6.61 Å². The molecule has 7 nitrogen and oxygen atoms in total. The second-order valence-corrected chi connectivity index (χ2v) is 9.75. The van der Waals surface area contributed by atoms with E-state index in [2.05, 4.69) is 5.32 Å². The Morgan fingerprint density at radius 3 is 2.52 bits per heavy atom. The van der Waals surface area contributed by atoms with Crippen molar-refractivity contribution < 1.29 is 22.7 Å². The molecule has 2 aromatic rings. The van der Waals surface area contributed by atoms with Crippen LogP contribution in [0, 0.1) is 0 Å². The van der Waals surface area contributed by atoms with Gasteiger partial charge in [-0.1, -0.05) is 25.0 Å². The lowest BCUT2D eigenvalue weighted by atomic mass is 10.2. The van der Waals surface area contributed by atoms with Gasteiger partial charge in [-0.15, -0.1) is 11.3 Å². The molecule has 0 spiro atoms. The highest BCUT2D eigenvalue weighted by atomic mass is 32.2. The Bertz CT molecular complexity index is 934. The number of nitrogens with one attached hydrogen (secondary N) is 1. The summed E-state index contributed by atoms with van der Waals surface area (Å²) >= 11 is 1.52. The molecule has 1 fully saturated rings. The van der Waals surface area contributed by atoms with Gasteiger partial charge in [0.25, 0.3) is 5.91 Å². The quantitative estimate of drug-likeness (QED) is 0.674. The van der Waals surface area contributed by atoms with Gasteiger partial charge in [0.1, 0.15) is 0 Å². The maximum Gasteiger partial charge on any atom is 0.338 e. The zero-order valence-corrected chi connectivity index (χ0v) is 17.6. The van der Waals surface area contributed by atoms with Gasteiger partial charge >= 0.3 is 5.97 Å². The molecule has 1 aliphatic rings. The van der Waals surface area contributed by atoms with Crippen LogP contribution in [0.4, 0.5) is 0 Å². The number of ether oxygens (including phenoxy) is 1. The van der Waals surface area contributed by atoms with Gasteiger partial charge in [-0.05, 0) is 42.5 Å². The minimum atomic E-state index is -3.66. The Balaban J connectivity index is 1.59. The smallest absolute Gasteiger partial charge is 0.338 e.